The molecular formula is C16H29N5O+2. The first-order valence-electron chi connectivity index (χ1n) is 8.52. The van der Waals surface area contributed by atoms with Gasteiger partial charge in [-0.2, -0.15) is 0 Å². The second-order valence-corrected chi connectivity index (χ2v) is 7.17. The monoisotopic (exact) mass is 307 g/mol. The average molecular weight is 307 g/mol. The molecule has 2 aliphatic rings. The fourth-order valence-electron chi connectivity index (χ4n) is 3.87. The molecule has 3 rings (SSSR count). The number of carbonyl (C=O) groups is 1. The predicted molar refractivity (Wildman–Crippen MR) is 83.0 cm³/mol. The summed E-state index contributed by atoms with van der Waals surface area (Å²) in [4.78, 5) is 20.4. The molecule has 122 valence electrons. The van der Waals surface area contributed by atoms with Gasteiger partial charge in [0, 0.05) is 25.8 Å². The van der Waals surface area contributed by atoms with Crippen molar-refractivity contribution in [1.82, 2.24) is 10.3 Å². The number of amides is 1. The lowest BCUT2D eigenvalue weighted by Gasteiger charge is -2.23. The highest BCUT2D eigenvalue weighted by Gasteiger charge is 2.37. The molecule has 6 nitrogen and oxygen atoms in total. The molecule has 22 heavy (non-hydrogen) atoms. The summed E-state index contributed by atoms with van der Waals surface area (Å²) in [5, 5.41) is 3.10. The fourth-order valence-corrected chi connectivity index (χ4v) is 3.87. The molecule has 6 N–H and O–H groups in total. The van der Waals surface area contributed by atoms with Crippen molar-refractivity contribution in [2.45, 2.75) is 51.1 Å². The maximum absolute atomic E-state index is 12.2. The second kappa shape index (κ2) is 6.38. The van der Waals surface area contributed by atoms with Gasteiger partial charge in [0.15, 0.2) is 5.69 Å². The van der Waals surface area contributed by atoms with Crippen molar-refractivity contribution in [2.24, 2.45) is 11.7 Å². The predicted octanol–water partition coefficient (Wildman–Crippen LogP) is -1.07. The molecule has 1 saturated heterocycles. The molecule has 0 bridgehead atoms. The first-order valence-corrected chi connectivity index (χ1v) is 8.52. The third-order valence-corrected chi connectivity index (χ3v) is 5.23. The number of likely N-dealkylation sites (tertiary alicyclic amines) is 1. The lowest BCUT2D eigenvalue weighted by atomic mass is 9.97. The van der Waals surface area contributed by atoms with E-state index in [1.165, 1.54) is 18.7 Å². The molecule has 1 aliphatic carbocycles. The molecule has 0 radical (unpaired) electrons. The summed E-state index contributed by atoms with van der Waals surface area (Å²) < 4.78 is 0. The number of carbonyl (C=O) groups excluding carboxylic acids is 1. The first kappa shape index (κ1) is 15.5. The van der Waals surface area contributed by atoms with Crippen LogP contribution in [0.2, 0.25) is 0 Å². The lowest BCUT2D eigenvalue weighted by Crippen LogP contribution is -3.09. The SMILES string of the molecule is Cc1[nH]c(C[NH+]2CCC(CNC(=O)C3(N)CCCC3)C2)c[nH+]1. The average Bonchev–Trinajstić information content (AvgIpc) is 3.20. The number of H-pyrrole nitrogens is 2. The molecule has 1 saturated carbocycles. The van der Waals surface area contributed by atoms with E-state index in [0.717, 1.165) is 51.1 Å². The maximum atomic E-state index is 12.2. The van der Waals surface area contributed by atoms with Crippen LogP contribution >= 0.6 is 0 Å². The van der Waals surface area contributed by atoms with Gasteiger partial charge in [-0.15, -0.1) is 0 Å². The van der Waals surface area contributed by atoms with E-state index < -0.39 is 5.54 Å². The largest absolute Gasteiger partial charge is 0.354 e. The van der Waals surface area contributed by atoms with Crippen LogP contribution in [0.15, 0.2) is 6.20 Å². The van der Waals surface area contributed by atoms with Crippen molar-refractivity contribution >= 4 is 5.91 Å². The highest BCUT2D eigenvalue weighted by molar-refractivity contribution is 5.86. The lowest BCUT2D eigenvalue weighted by molar-refractivity contribution is -0.903. The number of rotatable bonds is 5. The Kier molecular flexibility index (Phi) is 4.49. The number of quaternary nitrogens is 1. The first-order chi connectivity index (χ1) is 10.5. The number of imidazole rings is 1. The van der Waals surface area contributed by atoms with Gasteiger partial charge in [0.1, 0.15) is 12.7 Å². The summed E-state index contributed by atoms with van der Waals surface area (Å²) >= 11 is 0. The van der Waals surface area contributed by atoms with E-state index in [0.29, 0.717) is 5.92 Å². The van der Waals surface area contributed by atoms with Gasteiger partial charge in [-0.25, -0.2) is 9.97 Å². The van der Waals surface area contributed by atoms with E-state index >= 15 is 0 Å². The minimum Gasteiger partial charge on any atom is -0.354 e. The van der Waals surface area contributed by atoms with Gasteiger partial charge in [-0.3, -0.25) is 4.79 Å². The molecule has 1 aromatic rings. The van der Waals surface area contributed by atoms with Crippen LogP contribution in [-0.2, 0) is 11.3 Å². The molecule has 1 aromatic heterocycles. The third-order valence-electron chi connectivity index (χ3n) is 5.23. The highest BCUT2D eigenvalue weighted by Crippen LogP contribution is 2.27. The molecule has 0 spiro atoms. The summed E-state index contributed by atoms with van der Waals surface area (Å²) in [6, 6.07) is 0. The van der Waals surface area contributed by atoms with Crippen LogP contribution in [-0.4, -0.2) is 36.1 Å². The van der Waals surface area contributed by atoms with Crippen LogP contribution in [0.4, 0.5) is 0 Å². The van der Waals surface area contributed by atoms with Gasteiger partial charge in [-0.05, 0) is 12.8 Å². The van der Waals surface area contributed by atoms with E-state index in [4.69, 9.17) is 5.73 Å². The minimum absolute atomic E-state index is 0.0630. The molecular weight excluding hydrogens is 278 g/mol. The summed E-state index contributed by atoms with van der Waals surface area (Å²) in [7, 11) is 0. The normalized spacial score (nSPS) is 27.2. The Hall–Kier alpha value is -1.40. The molecule has 1 aliphatic heterocycles. The molecule has 2 fully saturated rings. The number of hydrogen-bond donors (Lipinski definition) is 4. The summed E-state index contributed by atoms with van der Waals surface area (Å²) in [6.07, 6.45) is 7.06. The van der Waals surface area contributed by atoms with Crippen molar-refractivity contribution in [1.29, 1.82) is 0 Å². The van der Waals surface area contributed by atoms with E-state index in [1.807, 2.05) is 6.92 Å². The van der Waals surface area contributed by atoms with Crippen molar-refractivity contribution in [3.05, 3.63) is 17.7 Å². The molecule has 2 unspecified atom stereocenters. The Morgan fingerprint density at radius 3 is 3.00 bits per heavy atom. The summed E-state index contributed by atoms with van der Waals surface area (Å²) in [6.45, 7) is 6.13. The van der Waals surface area contributed by atoms with Crippen molar-refractivity contribution in [3.8, 4) is 0 Å². The summed E-state index contributed by atoms with van der Waals surface area (Å²) in [5.74, 6) is 1.74. The number of nitrogens with one attached hydrogen (secondary N) is 4. The zero-order valence-corrected chi connectivity index (χ0v) is 13.5. The van der Waals surface area contributed by atoms with Gasteiger partial charge < -0.3 is 16.0 Å². The topological polar surface area (TPSA) is 89.5 Å². The number of aromatic nitrogens is 2. The van der Waals surface area contributed by atoms with Crippen LogP contribution in [0.5, 0.6) is 0 Å². The van der Waals surface area contributed by atoms with E-state index in [-0.39, 0.29) is 5.91 Å². The Labute approximate surface area is 131 Å². The van der Waals surface area contributed by atoms with Gasteiger partial charge >= 0.3 is 0 Å². The number of nitrogens with two attached hydrogens (primary N) is 1. The Morgan fingerprint density at radius 2 is 2.32 bits per heavy atom. The van der Waals surface area contributed by atoms with Gasteiger partial charge in [0.25, 0.3) is 0 Å². The Bertz CT molecular complexity index is 520. The van der Waals surface area contributed by atoms with Crippen molar-refractivity contribution in [3.63, 3.8) is 0 Å². The van der Waals surface area contributed by atoms with E-state index in [9.17, 15) is 4.79 Å². The standard InChI is InChI=1S/C16H27N5O/c1-12-18-9-14(20-12)11-21-7-4-13(10-21)8-19-15(22)16(17)5-2-3-6-16/h9,13H,2-8,10-11,17H2,1H3,(H,18,20)(H,19,22)/p+2. The van der Waals surface area contributed by atoms with Gasteiger partial charge in [-0.1, -0.05) is 12.8 Å². The van der Waals surface area contributed by atoms with E-state index in [2.05, 4.69) is 21.5 Å². The van der Waals surface area contributed by atoms with Crippen molar-refractivity contribution < 1.29 is 14.7 Å². The smallest absolute Gasteiger partial charge is 0.249 e. The molecule has 1 amide bonds. The van der Waals surface area contributed by atoms with Crippen LogP contribution in [0, 0.1) is 12.8 Å². The third kappa shape index (κ3) is 3.50. The van der Waals surface area contributed by atoms with Crippen LogP contribution in [0.3, 0.4) is 0 Å². The molecule has 2 heterocycles. The Morgan fingerprint density at radius 1 is 1.55 bits per heavy atom. The van der Waals surface area contributed by atoms with Crippen LogP contribution < -0.4 is 20.9 Å². The molecule has 6 heteroatoms. The van der Waals surface area contributed by atoms with Crippen LogP contribution in [0.25, 0.3) is 0 Å². The highest BCUT2D eigenvalue weighted by atomic mass is 16.2. The number of aromatic amines is 2. The van der Waals surface area contributed by atoms with E-state index in [1.54, 1.807) is 4.90 Å². The van der Waals surface area contributed by atoms with Crippen LogP contribution in [0.1, 0.15) is 43.6 Å². The fraction of sp³-hybridized carbons (Fsp3) is 0.750. The zero-order valence-electron chi connectivity index (χ0n) is 13.5. The maximum Gasteiger partial charge on any atom is 0.249 e. The Balaban J connectivity index is 1.42. The number of hydrogen-bond acceptors (Lipinski definition) is 2. The quantitative estimate of drug-likeness (QED) is 0.558. The molecule has 2 atom stereocenters. The second-order valence-electron chi connectivity index (χ2n) is 7.17. The van der Waals surface area contributed by atoms with Gasteiger partial charge in [0.2, 0.25) is 11.7 Å². The van der Waals surface area contributed by atoms with Crippen molar-refractivity contribution in [2.75, 3.05) is 19.6 Å². The molecule has 0 aromatic carbocycles. The zero-order chi connectivity index (χ0) is 15.6. The number of aryl methyl sites for hydroxylation is 1. The summed E-state index contributed by atoms with van der Waals surface area (Å²) in [5.41, 5.74) is 6.85. The minimum atomic E-state index is -0.594. The van der Waals surface area contributed by atoms with Gasteiger partial charge in [0.05, 0.1) is 18.6 Å².